The summed E-state index contributed by atoms with van der Waals surface area (Å²) in [7, 11) is 0. The highest BCUT2D eigenvalue weighted by molar-refractivity contribution is 6.37. The molecule has 0 bridgehead atoms. The van der Waals surface area contributed by atoms with Gasteiger partial charge in [-0.05, 0) is 67.4 Å². The number of benzene rings is 3. The van der Waals surface area contributed by atoms with Gasteiger partial charge in [0.15, 0.2) is 0 Å². The molecule has 5 rings (SSSR count). The van der Waals surface area contributed by atoms with E-state index in [1.807, 2.05) is 30.3 Å². The highest BCUT2D eigenvalue weighted by Gasteiger charge is 2.30. The van der Waals surface area contributed by atoms with Crippen LogP contribution in [0.15, 0.2) is 66.7 Å². The van der Waals surface area contributed by atoms with Crippen LogP contribution >= 0.6 is 0 Å². The zero-order valence-electron chi connectivity index (χ0n) is 22.3. The number of fused-ring (bicyclic) bond motifs is 1. The van der Waals surface area contributed by atoms with E-state index in [0.717, 1.165) is 44.8 Å². The number of hydrogen-bond donors (Lipinski definition) is 4. The number of anilines is 2. The van der Waals surface area contributed by atoms with Gasteiger partial charge in [-0.1, -0.05) is 30.3 Å². The molecule has 206 valence electrons. The lowest BCUT2D eigenvalue weighted by atomic mass is 9.96. The summed E-state index contributed by atoms with van der Waals surface area (Å²) in [6.07, 6.45) is 0.871. The van der Waals surface area contributed by atoms with Crippen LogP contribution in [0.2, 0.25) is 0 Å². The topological polar surface area (TPSA) is 120 Å². The molecule has 2 heterocycles. The maximum Gasteiger partial charge on any atom is 0.336 e. The molecule has 1 fully saturated rings. The Morgan fingerprint density at radius 2 is 1.73 bits per heavy atom. The van der Waals surface area contributed by atoms with Crippen molar-refractivity contribution < 1.29 is 24.2 Å². The van der Waals surface area contributed by atoms with E-state index in [1.54, 1.807) is 37.3 Å². The van der Waals surface area contributed by atoms with Crippen LogP contribution in [0.1, 0.15) is 43.8 Å². The fraction of sp³-hybridized carbons (Fsp3) is 0.258. The lowest BCUT2D eigenvalue weighted by Crippen LogP contribution is -2.38. The van der Waals surface area contributed by atoms with Crippen molar-refractivity contribution in [2.75, 3.05) is 50.0 Å². The summed E-state index contributed by atoms with van der Waals surface area (Å²) in [6.45, 7) is 6.62. The lowest BCUT2D eigenvalue weighted by molar-refractivity contribution is -0.110. The zero-order valence-corrected chi connectivity index (χ0v) is 22.3. The molecular weight excluding hydrogens is 508 g/mol. The van der Waals surface area contributed by atoms with Gasteiger partial charge in [0.2, 0.25) is 0 Å². The van der Waals surface area contributed by atoms with Crippen LogP contribution in [0, 0.1) is 6.92 Å². The van der Waals surface area contributed by atoms with E-state index < -0.39 is 5.97 Å². The SMILES string of the molecule is Cc1cc2c(cc1C(=O)O)NC(=O)C2=C(Nc1ccc(C(=O)NCCCN2CCOCC2)cc1)c1ccccc1. The minimum Gasteiger partial charge on any atom is -0.478 e. The van der Waals surface area contributed by atoms with Gasteiger partial charge < -0.3 is 25.8 Å². The summed E-state index contributed by atoms with van der Waals surface area (Å²) in [6, 6.07) is 19.8. The number of aromatic carboxylic acids is 1. The smallest absolute Gasteiger partial charge is 0.336 e. The summed E-state index contributed by atoms with van der Waals surface area (Å²) >= 11 is 0. The van der Waals surface area contributed by atoms with Gasteiger partial charge in [-0.3, -0.25) is 14.5 Å². The Labute approximate surface area is 232 Å². The van der Waals surface area contributed by atoms with E-state index in [1.165, 1.54) is 6.07 Å². The molecule has 0 radical (unpaired) electrons. The van der Waals surface area contributed by atoms with Gasteiger partial charge in [-0.25, -0.2) is 4.79 Å². The Balaban J connectivity index is 1.34. The number of carbonyl (C=O) groups is 3. The van der Waals surface area contributed by atoms with E-state index in [2.05, 4.69) is 20.9 Å². The number of amides is 2. The molecule has 0 spiro atoms. The number of hydrogen-bond acceptors (Lipinski definition) is 6. The first kappa shape index (κ1) is 27.1. The van der Waals surface area contributed by atoms with Crippen molar-refractivity contribution >= 4 is 40.4 Å². The Kier molecular flexibility index (Phi) is 8.23. The third-order valence-electron chi connectivity index (χ3n) is 7.11. The van der Waals surface area contributed by atoms with Gasteiger partial charge in [0.1, 0.15) is 0 Å². The third-order valence-corrected chi connectivity index (χ3v) is 7.11. The van der Waals surface area contributed by atoms with Gasteiger partial charge in [0.05, 0.1) is 35.7 Å². The number of rotatable bonds is 9. The number of morpholine rings is 1. The van der Waals surface area contributed by atoms with Crippen molar-refractivity contribution in [3.05, 3.63) is 94.5 Å². The lowest BCUT2D eigenvalue weighted by Gasteiger charge is -2.26. The molecule has 40 heavy (non-hydrogen) atoms. The van der Waals surface area contributed by atoms with Crippen LogP contribution in [0.4, 0.5) is 11.4 Å². The second-order valence-electron chi connectivity index (χ2n) is 9.85. The molecule has 0 aromatic heterocycles. The average Bonchev–Trinajstić information content (AvgIpc) is 3.28. The molecule has 0 unspecified atom stereocenters. The minimum atomic E-state index is -1.05. The second kappa shape index (κ2) is 12.1. The van der Waals surface area contributed by atoms with Gasteiger partial charge in [0, 0.05) is 36.4 Å². The van der Waals surface area contributed by atoms with E-state index >= 15 is 0 Å². The highest BCUT2D eigenvalue weighted by Crippen LogP contribution is 2.39. The van der Waals surface area contributed by atoms with Crippen LogP contribution < -0.4 is 16.0 Å². The first-order valence-corrected chi connectivity index (χ1v) is 13.4. The standard InChI is InChI=1S/C31H32N4O5/c1-20-18-25-26(19-24(20)31(38)39)34-30(37)27(25)28(21-6-3-2-4-7-21)33-23-10-8-22(9-11-23)29(36)32-12-5-13-35-14-16-40-17-15-35/h2-4,6-11,18-19,33H,5,12-17H2,1H3,(H,32,36)(H,34,37)(H,38,39). The Hall–Kier alpha value is -4.47. The summed E-state index contributed by atoms with van der Waals surface area (Å²) in [5, 5.41) is 18.7. The minimum absolute atomic E-state index is 0.135. The quantitative estimate of drug-likeness (QED) is 0.239. The fourth-order valence-corrected chi connectivity index (χ4v) is 4.97. The van der Waals surface area contributed by atoms with Gasteiger partial charge in [-0.2, -0.15) is 0 Å². The molecule has 0 aliphatic carbocycles. The zero-order chi connectivity index (χ0) is 28.1. The highest BCUT2D eigenvalue weighted by atomic mass is 16.5. The Morgan fingerprint density at radius 3 is 2.42 bits per heavy atom. The first-order chi connectivity index (χ1) is 19.4. The fourth-order valence-electron chi connectivity index (χ4n) is 4.97. The van der Waals surface area contributed by atoms with Crippen molar-refractivity contribution in [1.29, 1.82) is 0 Å². The summed E-state index contributed by atoms with van der Waals surface area (Å²) in [5.41, 5.74) is 4.84. The summed E-state index contributed by atoms with van der Waals surface area (Å²) in [5.74, 6) is -1.50. The predicted octanol–water partition coefficient (Wildman–Crippen LogP) is 4.08. The number of carboxylic acids is 1. The molecule has 9 nitrogen and oxygen atoms in total. The van der Waals surface area contributed by atoms with Gasteiger partial charge >= 0.3 is 5.97 Å². The van der Waals surface area contributed by atoms with Crippen LogP contribution in [-0.2, 0) is 9.53 Å². The molecule has 2 aliphatic heterocycles. The predicted molar refractivity (Wildman–Crippen MR) is 154 cm³/mol. The first-order valence-electron chi connectivity index (χ1n) is 13.4. The number of carbonyl (C=O) groups excluding carboxylic acids is 2. The largest absolute Gasteiger partial charge is 0.478 e. The van der Waals surface area contributed by atoms with Gasteiger partial charge in [-0.15, -0.1) is 0 Å². The molecule has 4 N–H and O–H groups in total. The van der Waals surface area contributed by atoms with Crippen molar-refractivity contribution in [1.82, 2.24) is 10.2 Å². The molecular formula is C31H32N4O5. The normalized spacial score (nSPS) is 16.2. The average molecular weight is 541 g/mol. The van der Waals surface area contributed by atoms with E-state index in [4.69, 9.17) is 4.74 Å². The van der Waals surface area contributed by atoms with Crippen molar-refractivity contribution in [3.8, 4) is 0 Å². The van der Waals surface area contributed by atoms with E-state index in [0.29, 0.717) is 45.9 Å². The molecule has 0 atom stereocenters. The van der Waals surface area contributed by atoms with Crippen LogP contribution in [0.25, 0.3) is 11.3 Å². The molecule has 9 heteroatoms. The number of nitrogens with zero attached hydrogens (tertiary/aromatic N) is 1. The number of aryl methyl sites for hydroxylation is 1. The molecule has 3 aromatic carbocycles. The second-order valence-corrected chi connectivity index (χ2v) is 9.85. The number of carboxylic acid groups (broad SMARTS) is 1. The molecule has 1 saturated heterocycles. The van der Waals surface area contributed by atoms with Crippen molar-refractivity contribution in [2.24, 2.45) is 0 Å². The maximum absolute atomic E-state index is 13.2. The monoisotopic (exact) mass is 540 g/mol. The summed E-state index contributed by atoms with van der Waals surface area (Å²) in [4.78, 5) is 39.8. The van der Waals surface area contributed by atoms with Crippen LogP contribution in [0.3, 0.4) is 0 Å². The molecule has 0 saturated carbocycles. The van der Waals surface area contributed by atoms with E-state index in [9.17, 15) is 19.5 Å². The Bertz CT molecular complexity index is 1440. The van der Waals surface area contributed by atoms with E-state index in [-0.39, 0.29) is 17.4 Å². The molecule has 3 aromatic rings. The number of nitrogens with one attached hydrogen (secondary N) is 3. The van der Waals surface area contributed by atoms with Gasteiger partial charge in [0.25, 0.3) is 11.8 Å². The van der Waals surface area contributed by atoms with Crippen molar-refractivity contribution in [2.45, 2.75) is 13.3 Å². The number of ether oxygens (including phenoxy) is 1. The summed E-state index contributed by atoms with van der Waals surface area (Å²) < 4.78 is 5.37. The maximum atomic E-state index is 13.2. The van der Waals surface area contributed by atoms with Crippen molar-refractivity contribution in [3.63, 3.8) is 0 Å². The third kappa shape index (κ3) is 6.06. The Morgan fingerprint density at radius 1 is 1.00 bits per heavy atom. The van der Waals surface area contributed by atoms with Crippen LogP contribution in [-0.4, -0.2) is 67.2 Å². The molecule has 2 amide bonds. The van der Waals surface area contributed by atoms with Crippen LogP contribution in [0.5, 0.6) is 0 Å². The molecule has 2 aliphatic rings.